The Balaban J connectivity index is 2.10. The van der Waals surface area contributed by atoms with Gasteiger partial charge in [-0.1, -0.05) is 34.8 Å². The third-order valence-electron chi connectivity index (χ3n) is 2.18. The Morgan fingerprint density at radius 1 is 1.05 bits per heavy atom. The van der Waals surface area contributed by atoms with E-state index in [2.05, 4.69) is 15.6 Å². The average molecular weight is 317 g/mol. The molecular weight excluding hydrogens is 309 g/mol. The molecule has 2 N–H and O–H groups in total. The number of urea groups is 1. The number of pyridine rings is 1. The molecule has 1 aromatic carbocycles. The van der Waals surface area contributed by atoms with Crippen LogP contribution in [0.2, 0.25) is 15.2 Å². The number of nitrogens with one attached hydrogen (secondary N) is 2. The van der Waals surface area contributed by atoms with E-state index < -0.39 is 6.03 Å². The fraction of sp³-hybridized carbons (Fsp3) is 0. The van der Waals surface area contributed by atoms with Gasteiger partial charge in [0.2, 0.25) is 0 Å². The van der Waals surface area contributed by atoms with E-state index >= 15 is 0 Å². The topological polar surface area (TPSA) is 54.0 Å². The lowest BCUT2D eigenvalue weighted by molar-refractivity contribution is 0.262. The van der Waals surface area contributed by atoms with Gasteiger partial charge in [-0.05, 0) is 30.3 Å². The molecule has 19 heavy (non-hydrogen) atoms. The number of rotatable bonds is 2. The summed E-state index contributed by atoms with van der Waals surface area (Å²) in [5, 5.41) is 6.19. The largest absolute Gasteiger partial charge is 0.323 e. The van der Waals surface area contributed by atoms with Crippen LogP contribution in [0.3, 0.4) is 0 Å². The first-order valence-electron chi connectivity index (χ1n) is 5.20. The highest BCUT2D eigenvalue weighted by atomic mass is 35.5. The molecule has 1 aromatic heterocycles. The fourth-order valence-electron chi connectivity index (χ4n) is 1.35. The summed E-state index contributed by atoms with van der Waals surface area (Å²) < 4.78 is 0. The van der Waals surface area contributed by atoms with Crippen molar-refractivity contribution in [2.24, 2.45) is 0 Å². The minimum atomic E-state index is -0.487. The third kappa shape index (κ3) is 3.73. The van der Waals surface area contributed by atoms with Crippen LogP contribution in [0.5, 0.6) is 0 Å². The predicted molar refractivity (Wildman–Crippen MR) is 78.4 cm³/mol. The normalized spacial score (nSPS) is 10.1. The Morgan fingerprint density at radius 3 is 2.53 bits per heavy atom. The number of carbonyl (C=O) groups excluding carboxylic acids is 1. The zero-order chi connectivity index (χ0) is 13.8. The number of carbonyl (C=O) groups is 1. The van der Waals surface area contributed by atoms with Crippen LogP contribution in [0.1, 0.15) is 0 Å². The number of hydrogen-bond acceptors (Lipinski definition) is 2. The second-order valence-electron chi connectivity index (χ2n) is 3.55. The number of aromatic nitrogens is 1. The van der Waals surface area contributed by atoms with Crippen LogP contribution < -0.4 is 10.6 Å². The van der Waals surface area contributed by atoms with Crippen molar-refractivity contribution in [2.45, 2.75) is 0 Å². The highest BCUT2D eigenvalue weighted by Gasteiger charge is 2.08. The third-order valence-corrected chi connectivity index (χ3v) is 3.05. The van der Waals surface area contributed by atoms with Gasteiger partial charge in [0.15, 0.2) is 5.15 Å². The molecule has 0 aliphatic rings. The van der Waals surface area contributed by atoms with E-state index in [0.717, 1.165) is 0 Å². The summed E-state index contributed by atoms with van der Waals surface area (Å²) >= 11 is 17.6. The van der Waals surface area contributed by atoms with Crippen molar-refractivity contribution in [1.82, 2.24) is 4.98 Å². The van der Waals surface area contributed by atoms with Gasteiger partial charge in [0, 0.05) is 11.2 Å². The van der Waals surface area contributed by atoms with E-state index in [1.807, 2.05) is 0 Å². The summed E-state index contributed by atoms with van der Waals surface area (Å²) in [6.07, 6.45) is 1.53. The summed E-state index contributed by atoms with van der Waals surface area (Å²) in [4.78, 5) is 15.6. The van der Waals surface area contributed by atoms with Crippen LogP contribution >= 0.6 is 34.8 Å². The van der Waals surface area contributed by atoms with Gasteiger partial charge in [-0.2, -0.15) is 0 Å². The molecule has 0 aliphatic heterocycles. The molecule has 98 valence electrons. The van der Waals surface area contributed by atoms with Crippen LogP contribution in [-0.4, -0.2) is 11.0 Å². The van der Waals surface area contributed by atoms with Crippen molar-refractivity contribution < 1.29 is 4.79 Å². The van der Waals surface area contributed by atoms with Crippen LogP contribution in [0, 0.1) is 0 Å². The van der Waals surface area contributed by atoms with Crippen molar-refractivity contribution in [2.75, 3.05) is 10.6 Å². The molecule has 0 bridgehead atoms. The molecule has 0 saturated carbocycles. The molecule has 0 saturated heterocycles. The Labute approximate surface area is 124 Å². The molecule has 1 heterocycles. The van der Waals surface area contributed by atoms with Gasteiger partial charge >= 0.3 is 6.03 Å². The lowest BCUT2D eigenvalue weighted by Gasteiger charge is -2.09. The maximum Gasteiger partial charge on any atom is 0.323 e. The molecule has 0 aliphatic carbocycles. The highest BCUT2D eigenvalue weighted by molar-refractivity contribution is 6.36. The molecule has 0 radical (unpaired) electrons. The number of anilines is 2. The quantitative estimate of drug-likeness (QED) is 0.790. The van der Waals surface area contributed by atoms with Gasteiger partial charge in [-0.25, -0.2) is 9.78 Å². The Hall–Kier alpha value is -1.49. The molecule has 7 heteroatoms. The predicted octanol–water partition coefficient (Wildman–Crippen LogP) is 4.69. The van der Waals surface area contributed by atoms with Crippen LogP contribution in [0.15, 0.2) is 36.5 Å². The highest BCUT2D eigenvalue weighted by Crippen LogP contribution is 2.26. The number of amides is 2. The minimum absolute atomic E-state index is 0.204. The summed E-state index contributed by atoms with van der Waals surface area (Å²) in [6.45, 7) is 0. The molecule has 4 nitrogen and oxygen atoms in total. The molecule has 0 spiro atoms. The Bertz CT molecular complexity index is 619. The smallest absolute Gasteiger partial charge is 0.306 e. The van der Waals surface area contributed by atoms with E-state index in [9.17, 15) is 4.79 Å². The zero-order valence-electron chi connectivity index (χ0n) is 9.45. The van der Waals surface area contributed by atoms with E-state index in [1.54, 1.807) is 30.3 Å². The van der Waals surface area contributed by atoms with E-state index in [-0.39, 0.29) is 5.15 Å². The van der Waals surface area contributed by atoms with Crippen molar-refractivity contribution in [3.63, 3.8) is 0 Å². The monoisotopic (exact) mass is 315 g/mol. The lowest BCUT2D eigenvalue weighted by Crippen LogP contribution is -2.20. The summed E-state index contributed by atoms with van der Waals surface area (Å²) in [5.41, 5.74) is 0.812. The second kappa shape index (κ2) is 6.10. The maximum absolute atomic E-state index is 11.8. The van der Waals surface area contributed by atoms with Crippen LogP contribution in [0.25, 0.3) is 0 Å². The van der Waals surface area contributed by atoms with E-state index in [1.165, 1.54) is 6.20 Å². The summed E-state index contributed by atoms with van der Waals surface area (Å²) in [6, 6.07) is 7.58. The first-order chi connectivity index (χ1) is 9.06. The first-order valence-corrected chi connectivity index (χ1v) is 6.33. The minimum Gasteiger partial charge on any atom is -0.306 e. The van der Waals surface area contributed by atoms with Crippen molar-refractivity contribution in [1.29, 1.82) is 0 Å². The van der Waals surface area contributed by atoms with Crippen molar-refractivity contribution >= 4 is 52.2 Å². The molecular formula is C12H8Cl3N3O. The van der Waals surface area contributed by atoms with Gasteiger partial charge in [0.25, 0.3) is 0 Å². The van der Waals surface area contributed by atoms with E-state index in [4.69, 9.17) is 34.8 Å². The Morgan fingerprint density at radius 2 is 1.79 bits per heavy atom. The first kappa shape index (κ1) is 13.9. The molecule has 2 rings (SSSR count). The van der Waals surface area contributed by atoms with Gasteiger partial charge in [-0.3, -0.25) is 0 Å². The second-order valence-corrected chi connectivity index (χ2v) is 4.75. The molecule has 0 atom stereocenters. The van der Waals surface area contributed by atoms with Crippen molar-refractivity contribution in [3.05, 3.63) is 51.7 Å². The van der Waals surface area contributed by atoms with Gasteiger partial charge in [0.05, 0.1) is 16.4 Å². The van der Waals surface area contributed by atoms with Gasteiger partial charge in [-0.15, -0.1) is 0 Å². The molecule has 0 unspecified atom stereocenters. The Kier molecular flexibility index (Phi) is 4.47. The number of nitrogens with zero attached hydrogens (tertiary/aromatic N) is 1. The van der Waals surface area contributed by atoms with Crippen LogP contribution in [0.4, 0.5) is 16.2 Å². The fourth-order valence-corrected chi connectivity index (χ4v) is 1.85. The van der Waals surface area contributed by atoms with Crippen LogP contribution in [-0.2, 0) is 0 Å². The molecule has 0 fully saturated rings. The molecule has 2 aromatic rings. The zero-order valence-corrected chi connectivity index (χ0v) is 11.7. The number of benzene rings is 1. The molecule has 2 amide bonds. The number of halogens is 3. The summed E-state index contributed by atoms with van der Waals surface area (Å²) in [7, 11) is 0. The average Bonchev–Trinajstić information content (AvgIpc) is 2.37. The van der Waals surface area contributed by atoms with Crippen molar-refractivity contribution in [3.8, 4) is 0 Å². The summed E-state index contributed by atoms with van der Waals surface area (Å²) in [5.74, 6) is 0. The maximum atomic E-state index is 11.8. The standard InChI is InChI=1S/C12H8Cl3N3O/c13-7-3-4-8(14)10(6-7)18-12(19)17-9-2-1-5-16-11(9)15/h1-6H,(H2,17,18,19). The van der Waals surface area contributed by atoms with E-state index in [0.29, 0.717) is 21.4 Å². The number of hydrogen-bond donors (Lipinski definition) is 2. The SMILES string of the molecule is O=C(Nc1cc(Cl)ccc1Cl)Nc1cccnc1Cl. The van der Waals surface area contributed by atoms with Gasteiger partial charge in [0.1, 0.15) is 0 Å². The lowest BCUT2D eigenvalue weighted by atomic mass is 10.3. The van der Waals surface area contributed by atoms with Gasteiger partial charge < -0.3 is 10.6 Å².